The van der Waals surface area contributed by atoms with E-state index in [9.17, 15) is 0 Å². The van der Waals surface area contributed by atoms with Crippen molar-refractivity contribution >= 4 is 0 Å². The molecular formula is C14H30N2O. The van der Waals surface area contributed by atoms with E-state index in [4.69, 9.17) is 4.74 Å². The molecule has 3 heteroatoms. The molecule has 0 aromatic carbocycles. The third kappa shape index (κ3) is 6.39. The maximum absolute atomic E-state index is 5.80. The predicted molar refractivity (Wildman–Crippen MR) is 73.2 cm³/mol. The van der Waals surface area contributed by atoms with Crippen LogP contribution >= 0.6 is 0 Å². The molecule has 0 amide bonds. The van der Waals surface area contributed by atoms with Crippen LogP contribution in [0.4, 0.5) is 0 Å². The van der Waals surface area contributed by atoms with E-state index in [0.717, 1.165) is 13.2 Å². The van der Waals surface area contributed by atoms with Crippen LogP contribution in [0.2, 0.25) is 0 Å². The van der Waals surface area contributed by atoms with E-state index in [1.807, 2.05) is 0 Å². The highest BCUT2D eigenvalue weighted by Crippen LogP contribution is 2.18. The fourth-order valence-electron chi connectivity index (χ4n) is 2.23. The summed E-state index contributed by atoms with van der Waals surface area (Å²) in [6.45, 7) is 16.1. The van der Waals surface area contributed by atoms with Gasteiger partial charge in [0.2, 0.25) is 0 Å². The monoisotopic (exact) mass is 242 g/mol. The fourth-order valence-corrected chi connectivity index (χ4v) is 2.23. The molecule has 0 bridgehead atoms. The molecule has 0 aromatic rings. The van der Waals surface area contributed by atoms with Gasteiger partial charge in [0.25, 0.3) is 0 Å². The highest BCUT2D eigenvalue weighted by molar-refractivity contribution is 4.83. The number of ether oxygens (including phenoxy) is 1. The van der Waals surface area contributed by atoms with E-state index < -0.39 is 0 Å². The molecular weight excluding hydrogens is 212 g/mol. The Labute approximate surface area is 107 Å². The van der Waals surface area contributed by atoms with E-state index >= 15 is 0 Å². The second-order valence-corrected chi connectivity index (χ2v) is 7.05. The maximum atomic E-state index is 5.80. The number of hydrogen-bond acceptors (Lipinski definition) is 3. The lowest BCUT2D eigenvalue weighted by atomic mass is 10.1. The first-order valence-electron chi connectivity index (χ1n) is 6.83. The zero-order valence-electron chi connectivity index (χ0n) is 12.5. The summed E-state index contributed by atoms with van der Waals surface area (Å²) in [5.41, 5.74) is 0.171. The van der Waals surface area contributed by atoms with Crippen LogP contribution < -0.4 is 5.32 Å². The minimum Gasteiger partial charge on any atom is -0.375 e. The first-order valence-corrected chi connectivity index (χ1v) is 6.83. The second-order valence-electron chi connectivity index (χ2n) is 7.05. The van der Waals surface area contributed by atoms with Crippen molar-refractivity contribution in [2.45, 2.75) is 71.7 Å². The molecule has 0 spiro atoms. The molecule has 1 rings (SSSR count). The van der Waals surface area contributed by atoms with E-state index in [0.29, 0.717) is 6.17 Å². The van der Waals surface area contributed by atoms with Gasteiger partial charge in [-0.15, -0.1) is 0 Å². The van der Waals surface area contributed by atoms with Gasteiger partial charge in [0, 0.05) is 12.1 Å². The molecule has 0 radical (unpaired) electrons. The minimum atomic E-state index is -0.0212. The Morgan fingerprint density at radius 3 is 2.35 bits per heavy atom. The number of rotatable bonds is 4. The molecule has 1 fully saturated rings. The highest BCUT2D eigenvalue weighted by atomic mass is 16.5. The quantitative estimate of drug-likeness (QED) is 0.820. The number of hydrogen-bond donors (Lipinski definition) is 1. The Kier molecular flexibility index (Phi) is 4.99. The molecule has 1 aliphatic rings. The molecule has 0 saturated carbocycles. The lowest BCUT2D eigenvalue weighted by Crippen LogP contribution is -2.50. The summed E-state index contributed by atoms with van der Waals surface area (Å²) in [6.07, 6.45) is 3.08. The second kappa shape index (κ2) is 5.68. The molecule has 0 aliphatic carbocycles. The average Bonchev–Trinajstić information content (AvgIpc) is 2.47. The standard InChI is InChI=1S/C14H30N2O/c1-13(2,3)15-12-8-7-9-16(12)10-11-17-14(4,5)6/h12,15H,7-11H2,1-6H3/t12-/m1/s1. The summed E-state index contributed by atoms with van der Waals surface area (Å²) in [5.74, 6) is 0. The van der Waals surface area contributed by atoms with E-state index in [1.54, 1.807) is 0 Å². The smallest absolute Gasteiger partial charge is 0.0602 e. The Balaban J connectivity index is 2.32. The van der Waals surface area contributed by atoms with Crippen LogP contribution in [0.15, 0.2) is 0 Å². The molecule has 1 atom stereocenters. The summed E-state index contributed by atoms with van der Waals surface area (Å²) >= 11 is 0. The van der Waals surface area contributed by atoms with Crippen molar-refractivity contribution in [1.29, 1.82) is 0 Å². The zero-order valence-corrected chi connectivity index (χ0v) is 12.5. The lowest BCUT2D eigenvalue weighted by Gasteiger charge is -2.32. The molecule has 102 valence electrons. The van der Waals surface area contributed by atoms with Crippen molar-refractivity contribution in [2.24, 2.45) is 0 Å². The van der Waals surface area contributed by atoms with Crippen molar-refractivity contribution < 1.29 is 4.74 Å². The van der Waals surface area contributed by atoms with Crippen LogP contribution in [0.25, 0.3) is 0 Å². The SMILES string of the molecule is CC(C)(C)N[C@H]1CCCN1CCOC(C)(C)C. The number of likely N-dealkylation sites (tertiary alicyclic amines) is 1. The van der Waals surface area contributed by atoms with Gasteiger partial charge in [-0.05, 0) is 60.9 Å². The minimum absolute atomic E-state index is 0.0212. The topological polar surface area (TPSA) is 24.5 Å². The van der Waals surface area contributed by atoms with Crippen LogP contribution in [-0.4, -0.2) is 41.9 Å². The Morgan fingerprint density at radius 2 is 1.82 bits per heavy atom. The highest BCUT2D eigenvalue weighted by Gasteiger charge is 2.27. The summed E-state index contributed by atoms with van der Waals surface area (Å²) < 4.78 is 5.80. The molecule has 1 heterocycles. The summed E-state index contributed by atoms with van der Waals surface area (Å²) in [5, 5.41) is 3.69. The van der Waals surface area contributed by atoms with Crippen molar-refractivity contribution in [2.75, 3.05) is 19.7 Å². The van der Waals surface area contributed by atoms with Crippen LogP contribution in [0.1, 0.15) is 54.4 Å². The van der Waals surface area contributed by atoms with Crippen molar-refractivity contribution in [3.63, 3.8) is 0 Å². The molecule has 0 unspecified atom stereocenters. The van der Waals surface area contributed by atoms with Gasteiger partial charge in [-0.25, -0.2) is 0 Å². The van der Waals surface area contributed by atoms with Crippen molar-refractivity contribution in [3.05, 3.63) is 0 Å². The van der Waals surface area contributed by atoms with Gasteiger partial charge in [0.15, 0.2) is 0 Å². The summed E-state index contributed by atoms with van der Waals surface area (Å²) in [7, 11) is 0. The molecule has 1 N–H and O–H groups in total. The Morgan fingerprint density at radius 1 is 1.18 bits per heavy atom. The van der Waals surface area contributed by atoms with E-state index in [-0.39, 0.29) is 11.1 Å². The third-order valence-corrected chi connectivity index (χ3v) is 2.88. The fraction of sp³-hybridized carbons (Fsp3) is 1.00. The lowest BCUT2D eigenvalue weighted by molar-refractivity contribution is -0.0166. The zero-order chi connectivity index (χ0) is 13.1. The van der Waals surface area contributed by atoms with Gasteiger partial charge in [0.05, 0.1) is 18.4 Å². The Bertz CT molecular complexity index is 227. The van der Waals surface area contributed by atoms with Crippen LogP contribution in [0, 0.1) is 0 Å². The molecule has 1 aliphatic heterocycles. The van der Waals surface area contributed by atoms with Gasteiger partial charge in [-0.3, -0.25) is 10.2 Å². The molecule has 17 heavy (non-hydrogen) atoms. The van der Waals surface area contributed by atoms with Crippen molar-refractivity contribution in [1.82, 2.24) is 10.2 Å². The van der Waals surface area contributed by atoms with E-state index in [1.165, 1.54) is 19.4 Å². The first kappa shape index (κ1) is 14.9. The van der Waals surface area contributed by atoms with Gasteiger partial charge in [0.1, 0.15) is 0 Å². The van der Waals surface area contributed by atoms with Gasteiger partial charge >= 0.3 is 0 Å². The first-order chi connectivity index (χ1) is 7.67. The summed E-state index contributed by atoms with van der Waals surface area (Å²) in [6, 6.07) is 0. The number of nitrogens with zero attached hydrogens (tertiary/aromatic N) is 1. The largest absolute Gasteiger partial charge is 0.375 e. The van der Waals surface area contributed by atoms with Gasteiger partial charge in [-0.1, -0.05) is 0 Å². The summed E-state index contributed by atoms with van der Waals surface area (Å²) in [4.78, 5) is 2.51. The van der Waals surface area contributed by atoms with Gasteiger partial charge < -0.3 is 4.74 Å². The molecule has 1 saturated heterocycles. The van der Waals surface area contributed by atoms with E-state index in [2.05, 4.69) is 51.8 Å². The van der Waals surface area contributed by atoms with Gasteiger partial charge in [-0.2, -0.15) is 0 Å². The molecule has 0 aromatic heterocycles. The van der Waals surface area contributed by atoms with Crippen LogP contribution in [-0.2, 0) is 4.74 Å². The van der Waals surface area contributed by atoms with Crippen LogP contribution in [0.5, 0.6) is 0 Å². The third-order valence-electron chi connectivity index (χ3n) is 2.88. The number of nitrogens with one attached hydrogen (secondary N) is 1. The maximum Gasteiger partial charge on any atom is 0.0602 e. The Hall–Kier alpha value is -0.120. The average molecular weight is 242 g/mol. The van der Waals surface area contributed by atoms with Crippen molar-refractivity contribution in [3.8, 4) is 0 Å². The van der Waals surface area contributed by atoms with Crippen LogP contribution in [0.3, 0.4) is 0 Å². The predicted octanol–water partition coefficient (Wildman–Crippen LogP) is 2.61. The normalized spacial score (nSPS) is 23.3. The molecule has 3 nitrogen and oxygen atoms in total.